The van der Waals surface area contributed by atoms with Crippen molar-refractivity contribution in [2.24, 2.45) is 5.92 Å². The summed E-state index contributed by atoms with van der Waals surface area (Å²) in [5, 5.41) is 0. The smallest absolute Gasteiger partial charge is 0.251 e. The maximum absolute atomic E-state index is 12.9. The van der Waals surface area contributed by atoms with Crippen LogP contribution in [-0.4, -0.2) is 27.5 Å². The minimum Gasteiger partial charge on any atom is -0.335 e. The zero-order valence-corrected chi connectivity index (χ0v) is 15.3. The van der Waals surface area contributed by atoms with Crippen LogP contribution in [-0.2, 0) is 11.3 Å². The highest BCUT2D eigenvalue weighted by Gasteiger charge is 2.38. The second kappa shape index (κ2) is 7.20. The summed E-state index contributed by atoms with van der Waals surface area (Å²) in [6.07, 6.45) is 9.89. The van der Waals surface area contributed by atoms with Crippen LogP contribution in [0.5, 0.6) is 0 Å². The minimum atomic E-state index is -0.119. The van der Waals surface area contributed by atoms with E-state index in [0.717, 1.165) is 36.1 Å². The Morgan fingerprint density at radius 3 is 2.35 bits per heavy atom. The van der Waals surface area contributed by atoms with Gasteiger partial charge in [-0.2, -0.15) is 0 Å². The number of nitrogens with zero attached hydrogens (tertiary/aromatic N) is 2. The lowest BCUT2D eigenvalue weighted by molar-refractivity contribution is -0.135. The van der Waals surface area contributed by atoms with Crippen molar-refractivity contribution in [3.8, 4) is 0 Å². The van der Waals surface area contributed by atoms with E-state index in [2.05, 4.69) is 27.8 Å². The molecule has 5 heteroatoms. The van der Waals surface area contributed by atoms with E-state index in [-0.39, 0.29) is 18.0 Å². The van der Waals surface area contributed by atoms with Gasteiger partial charge in [0.25, 0.3) is 5.56 Å². The molecule has 3 rings (SSSR count). The van der Waals surface area contributed by atoms with Gasteiger partial charge in [0.1, 0.15) is 6.54 Å². The Morgan fingerprint density at radius 1 is 1.17 bits per heavy atom. The number of rotatable bonds is 5. The van der Waals surface area contributed by atoms with Crippen LogP contribution >= 0.6 is 15.9 Å². The molecule has 0 saturated heterocycles. The van der Waals surface area contributed by atoms with Crippen LogP contribution in [0.25, 0.3) is 0 Å². The van der Waals surface area contributed by atoms with Crippen LogP contribution in [0.3, 0.4) is 0 Å². The molecular formula is C18H25BrN2O2. The van der Waals surface area contributed by atoms with Crippen molar-refractivity contribution < 1.29 is 4.79 Å². The Morgan fingerprint density at radius 2 is 1.78 bits per heavy atom. The van der Waals surface area contributed by atoms with Crippen molar-refractivity contribution in [1.29, 1.82) is 0 Å². The number of halogens is 1. The number of pyridine rings is 1. The molecule has 0 bridgehead atoms. The van der Waals surface area contributed by atoms with Crippen LogP contribution in [0, 0.1) is 5.92 Å². The average Bonchev–Trinajstić information content (AvgIpc) is 3.37. The van der Waals surface area contributed by atoms with E-state index < -0.39 is 0 Å². The maximum Gasteiger partial charge on any atom is 0.251 e. The first-order valence-corrected chi connectivity index (χ1v) is 9.55. The first-order chi connectivity index (χ1) is 11.1. The molecule has 23 heavy (non-hydrogen) atoms. The molecule has 1 aromatic rings. The third-order valence-corrected chi connectivity index (χ3v) is 5.74. The molecule has 126 valence electrons. The first-order valence-electron chi connectivity index (χ1n) is 8.75. The van der Waals surface area contributed by atoms with Crippen molar-refractivity contribution in [2.75, 3.05) is 0 Å². The van der Waals surface area contributed by atoms with E-state index in [4.69, 9.17) is 0 Å². The van der Waals surface area contributed by atoms with Crippen LogP contribution in [0.4, 0.5) is 0 Å². The molecule has 0 radical (unpaired) electrons. The molecule has 2 aliphatic rings. The summed E-state index contributed by atoms with van der Waals surface area (Å²) in [5.41, 5.74) is -0.119. The zero-order valence-electron chi connectivity index (χ0n) is 13.7. The third-order valence-electron chi connectivity index (χ3n) is 5.27. The van der Waals surface area contributed by atoms with E-state index >= 15 is 0 Å². The van der Waals surface area contributed by atoms with E-state index in [1.807, 2.05) is 0 Å². The molecule has 1 amide bonds. The first kappa shape index (κ1) is 16.7. The molecule has 0 aromatic carbocycles. The summed E-state index contributed by atoms with van der Waals surface area (Å²) in [4.78, 5) is 26.9. The highest BCUT2D eigenvalue weighted by atomic mass is 79.9. The molecule has 0 atom stereocenters. The monoisotopic (exact) mass is 380 g/mol. The van der Waals surface area contributed by atoms with E-state index in [1.54, 1.807) is 12.3 Å². The fourth-order valence-electron chi connectivity index (χ4n) is 3.74. The predicted molar refractivity (Wildman–Crippen MR) is 94.3 cm³/mol. The standard InChI is InChI=1S/C18H25BrN2O2/c1-2-13-3-6-15(7-4-13)21(16-8-9-16)18(23)12-20-11-14(19)5-10-17(20)22/h5,10-11,13,15-16H,2-4,6-9,12H2,1H3. The van der Waals surface area contributed by atoms with Crippen molar-refractivity contribution >= 4 is 21.8 Å². The van der Waals surface area contributed by atoms with Crippen LogP contribution in [0.1, 0.15) is 51.9 Å². The Labute approximate surface area is 146 Å². The molecule has 0 N–H and O–H groups in total. The highest BCUT2D eigenvalue weighted by molar-refractivity contribution is 9.10. The molecule has 1 aromatic heterocycles. The van der Waals surface area contributed by atoms with Gasteiger partial charge in [-0.1, -0.05) is 13.3 Å². The quantitative estimate of drug-likeness (QED) is 0.783. The summed E-state index contributed by atoms with van der Waals surface area (Å²) in [6.45, 7) is 2.41. The van der Waals surface area contributed by atoms with E-state index in [1.165, 1.54) is 29.9 Å². The average molecular weight is 381 g/mol. The molecule has 0 spiro atoms. The normalized spacial score (nSPS) is 24.4. The van der Waals surface area contributed by atoms with Gasteiger partial charge in [0.2, 0.25) is 5.91 Å². The fraction of sp³-hybridized carbons (Fsp3) is 0.667. The number of aromatic nitrogens is 1. The second-order valence-electron chi connectivity index (χ2n) is 6.93. The number of hydrogen-bond donors (Lipinski definition) is 0. The van der Waals surface area contributed by atoms with Crippen molar-refractivity contribution in [2.45, 2.75) is 70.5 Å². The number of hydrogen-bond acceptors (Lipinski definition) is 2. The summed E-state index contributed by atoms with van der Waals surface area (Å²) in [5.74, 6) is 0.933. The topological polar surface area (TPSA) is 42.3 Å². The van der Waals surface area contributed by atoms with Crippen LogP contribution < -0.4 is 5.56 Å². The van der Waals surface area contributed by atoms with Crippen molar-refractivity contribution in [1.82, 2.24) is 9.47 Å². The van der Waals surface area contributed by atoms with Crippen LogP contribution in [0.15, 0.2) is 27.6 Å². The molecular weight excluding hydrogens is 356 g/mol. The summed E-state index contributed by atoms with van der Waals surface area (Å²) in [7, 11) is 0. The SMILES string of the molecule is CCC1CCC(N(C(=O)Cn2cc(Br)ccc2=O)C2CC2)CC1. The van der Waals surface area contributed by atoms with Gasteiger partial charge in [-0.3, -0.25) is 9.59 Å². The Balaban J connectivity index is 1.70. The minimum absolute atomic E-state index is 0.104. The number of amides is 1. The van der Waals surface area contributed by atoms with E-state index in [9.17, 15) is 9.59 Å². The molecule has 0 unspecified atom stereocenters. The van der Waals surface area contributed by atoms with Gasteiger partial charge < -0.3 is 9.47 Å². The van der Waals surface area contributed by atoms with Gasteiger partial charge in [-0.15, -0.1) is 0 Å². The van der Waals surface area contributed by atoms with Gasteiger partial charge >= 0.3 is 0 Å². The lowest BCUT2D eigenvalue weighted by Gasteiger charge is -2.37. The molecule has 0 aliphatic heterocycles. The molecule has 2 fully saturated rings. The van der Waals surface area contributed by atoms with Gasteiger partial charge in [-0.25, -0.2) is 0 Å². The Hall–Kier alpha value is -1.10. The molecule has 2 aliphatic carbocycles. The van der Waals surface area contributed by atoms with Crippen molar-refractivity contribution in [3.05, 3.63) is 33.2 Å². The zero-order chi connectivity index (χ0) is 16.4. The summed E-state index contributed by atoms with van der Waals surface area (Å²) >= 11 is 3.37. The molecule has 4 nitrogen and oxygen atoms in total. The summed E-state index contributed by atoms with van der Waals surface area (Å²) in [6, 6.07) is 4.01. The largest absolute Gasteiger partial charge is 0.335 e. The Kier molecular flexibility index (Phi) is 5.24. The second-order valence-corrected chi connectivity index (χ2v) is 7.84. The maximum atomic E-state index is 12.9. The molecule has 2 saturated carbocycles. The lowest BCUT2D eigenvalue weighted by atomic mass is 9.84. The van der Waals surface area contributed by atoms with Gasteiger partial charge in [0.05, 0.1) is 0 Å². The molecule has 1 heterocycles. The fourth-order valence-corrected chi connectivity index (χ4v) is 4.12. The lowest BCUT2D eigenvalue weighted by Crippen LogP contribution is -2.46. The van der Waals surface area contributed by atoms with Gasteiger partial charge in [0.15, 0.2) is 0 Å². The van der Waals surface area contributed by atoms with Crippen LogP contribution in [0.2, 0.25) is 0 Å². The van der Waals surface area contributed by atoms with Gasteiger partial charge in [-0.05, 0) is 66.4 Å². The van der Waals surface area contributed by atoms with Crippen molar-refractivity contribution in [3.63, 3.8) is 0 Å². The number of carbonyl (C=O) groups is 1. The predicted octanol–water partition coefficient (Wildman–Crippen LogP) is 3.57. The van der Waals surface area contributed by atoms with Gasteiger partial charge in [0, 0.05) is 28.8 Å². The highest BCUT2D eigenvalue weighted by Crippen LogP contribution is 2.36. The number of carbonyl (C=O) groups excluding carboxylic acids is 1. The summed E-state index contributed by atoms with van der Waals surface area (Å²) < 4.78 is 2.34. The van der Waals surface area contributed by atoms with E-state index in [0.29, 0.717) is 12.1 Å². The third kappa shape index (κ3) is 4.06. The Bertz CT molecular complexity index is 616.